The summed E-state index contributed by atoms with van der Waals surface area (Å²) in [7, 11) is -0.709. The van der Waals surface area contributed by atoms with Gasteiger partial charge in [-0.1, -0.05) is 17.9 Å². The Morgan fingerprint density at radius 2 is 2.11 bits per heavy atom. The van der Waals surface area contributed by atoms with Gasteiger partial charge in [0.25, 0.3) is 0 Å². The zero-order chi connectivity index (χ0) is 13.7. The van der Waals surface area contributed by atoms with Gasteiger partial charge in [0.15, 0.2) is 0 Å². The monoisotopic (exact) mass is 281 g/mol. The number of hydrogen-bond acceptors (Lipinski definition) is 3. The molecule has 1 saturated heterocycles. The minimum Gasteiger partial charge on any atom is -0.384 e. The molecule has 1 aromatic rings. The first-order valence-corrected chi connectivity index (χ1v) is 7.63. The predicted molar refractivity (Wildman–Crippen MR) is 73.5 cm³/mol. The van der Waals surface area contributed by atoms with Gasteiger partial charge in [0.2, 0.25) is 0 Å². The molecule has 0 aromatic heterocycles. The summed E-state index contributed by atoms with van der Waals surface area (Å²) in [6.45, 7) is 1.81. The highest BCUT2D eigenvalue weighted by molar-refractivity contribution is 7.85. The van der Waals surface area contributed by atoms with Crippen LogP contribution in [-0.2, 0) is 17.3 Å². The molecule has 0 unspecified atom stereocenters. The number of halogens is 1. The first-order valence-electron chi connectivity index (χ1n) is 6.14. The second-order valence-electron chi connectivity index (χ2n) is 4.39. The molecule has 5 heteroatoms. The minimum absolute atomic E-state index is 0.228. The Bertz CT molecular complexity index is 526. The Kier molecular flexibility index (Phi) is 5.08. The normalized spacial score (nSPS) is 16.9. The predicted octanol–water partition coefficient (Wildman–Crippen LogP) is 0.734. The van der Waals surface area contributed by atoms with Crippen LogP contribution in [0, 0.1) is 17.7 Å². The Morgan fingerprint density at radius 3 is 2.74 bits per heavy atom. The molecule has 2 rings (SSSR count). The van der Waals surface area contributed by atoms with Crippen molar-refractivity contribution < 1.29 is 13.7 Å². The lowest BCUT2D eigenvalue weighted by atomic mass is 10.1. The van der Waals surface area contributed by atoms with Crippen LogP contribution in [0.2, 0.25) is 0 Å². The van der Waals surface area contributed by atoms with Crippen LogP contribution < -0.4 is 0 Å². The maximum absolute atomic E-state index is 13.9. The Hall–Kier alpha value is -1.22. The van der Waals surface area contributed by atoms with Crippen molar-refractivity contribution in [2.45, 2.75) is 6.54 Å². The Labute approximate surface area is 114 Å². The van der Waals surface area contributed by atoms with Crippen LogP contribution >= 0.6 is 0 Å². The van der Waals surface area contributed by atoms with Crippen molar-refractivity contribution in [2.24, 2.45) is 0 Å². The van der Waals surface area contributed by atoms with Crippen molar-refractivity contribution in [2.75, 3.05) is 31.2 Å². The fraction of sp³-hybridized carbons (Fsp3) is 0.429. The zero-order valence-electron chi connectivity index (χ0n) is 10.6. The van der Waals surface area contributed by atoms with Gasteiger partial charge in [0.05, 0.1) is 0 Å². The maximum atomic E-state index is 13.9. The molecule has 0 radical (unpaired) electrons. The second-order valence-corrected chi connectivity index (χ2v) is 6.09. The first-order chi connectivity index (χ1) is 9.19. The van der Waals surface area contributed by atoms with Gasteiger partial charge in [-0.05, 0) is 12.1 Å². The minimum atomic E-state index is -0.709. The highest BCUT2D eigenvalue weighted by atomic mass is 32.2. The van der Waals surface area contributed by atoms with Crippen LogP contribution in [0.5, 0.6) is 0 Å². The third kappa shape index (κ3) is 4.13. The number of benzene rings is 1. The lowest BCUT2D eigenvalue weighted by Gasteiger charge is -2.26. The topological polar surface area (TPSA) is 40.5 Å². The van der Waals surface area contributed by atoms with E-state index in [1.165, 1.54) is 6.07 Å². The van der Waals surface area contributed by atoms with Gasteiger partial charge < -0.3 is 5.11 Å². The van der Waals surface area contributed by atoms with Gasteiger partial charge in [0.1, 0.15) is 12.4 Å². The van der Waals surface area contributed by atoms with Crippen LogP contribution in [0.4, 0.5) is 4.39 Å². The highest BCUT2D eigenvalue weighted by Crippen LogP contribution is 2.14. The highest BCUT2D eigenvalue weighted by Gasteiger charge is 2.16. The average molecular weight is 281 g/mol. The van der Waals surface area contributed by atoms with E-state index in [0.717, 1.165) is 13.1 Å². The zero-order valence-corrected chi connectivity index (χ0v) is 11.4. The molecule has 1 aromatic carbocycles. The molecule has 1 aliphatic rings. The molecule has 1 fully saturated rings. The molecule has 0 aliphatic carbocycles. The summed E-state index contributed by atoms with van der Waals surface area (Å²) in [4.78, 5) is 2.11. The van der Waals surface area contributed by atoms with E-state index >= 15 is 0 Å². The van der Waals surface area contributed by atoms with Gasteiger partial charge >= 0.3 is 0 Å². The summed E-state index contributed by atoms with van der Waals surface area (Å²) < 4.78 is 25.1. The van der Waals surface area contributed by atoms with E-state index in [2.05, 4.69) is 16.7 Å². The molecule has 3 nitrogen and oxygen atoms in total. The van der Waals surface area contributed by atoms with E-state index in [4.69, 9.17) is 5.11 Å². The number of nitrogens with zero attached hydrogens (tertiary/aromatic N) is 1. The molecule has 102 valence electrons. The van der Waals surface area contributed by atoms with Crippen molar-refractivity contribution in [3.8, 4) is 11.8 Å². The summed E-state index contributed by atoms with van der Waals surface area (Å²) in [5.74, 6) is 6.23. The Morgan fingerprint density at radius 1 is 1.37 bits per heavy atom. The van der Waals surface area contributed by atoms with Crippen molar-refractivity contribution >= 4 is 10.8 Å². The molecule has 0 atom stereocenters. The van der Waals surface area contributed by atoms with Crippen LogP contribution in [0.25, 0.3) is 0 Å². The standard InChI is InChI=1S/C14H16FNO2S/c15-14-10-12(2-1-7-17)3-4-13(14)11-16-5-8-19(18)9-6-16/h3-4,10,17H,5-9,11H2. The quantitative estimate of drug-likeness (QED) is 0.813. The second kappa shape index (κ2) is 6.80. The van der Waals surface area contributed by atoms with Gasteiger partial charge in [-0.3, -0.25) is 9.11 Å². The maximum Gasteiger partial charge on any atom is 0.128 e. The van der Waals surface area contributed by atoms with E-state index in [-0.39, 0.29) is 12.4 Å². The van der Waals surface area contributed by atoms with Gasteiger partial charge in [-0.25, -0.2) is 4.39 Å². The summed E-state index contributed by atoms with van der Waals surface area (Å²) >= 11 is 0. The van der Waals surface area contributed by atoms with E-state index < -0.39 is 10.8 Å². The molecule has 0 amide bonds. The van der Waals surface area contributed by atoms with Crippen LogP contribution in [-0.4, -0.2) is 45.4 Å². The van der Waals surface area contributed by atoms with Crippen LogP contribution in [0.3, 0.4) is 0 Å². The lowest BCUT2D eigenvalue weighted by Crippen LogP contribution is -2.37. The largest absolute Gasteiger partial charge is 0.384 e. The van der Waals surface area contributed by atoms with Gasteiger partial charge in [-0.2, -0.15) is 0 Å². The van der Waals surface area contributed by atoms with Crippen molar-refractivity contribution in [3.63, 3.8) is 0 Å². The van der Waals surface area contributed by atoms with E-state index in [0.29, 0.717) is 29.2 Å². The van der Waals surface area contributed by atoms with E-state index in [9.17, 15) is 8.60 Å². The van der Waals surface area contributed by atoms with Crippen molar-refractivity contribution in [3.05, 3.63) is 35.1 Å². The molecule has 0 spiro atoms. The fourth-order valence-corrected chi connectivity index (χ4v) is 3.10. The van der Waals surface area contributed by atoms with Crippen LogP contribution in [0.1, 0.15) is 11.1 Å². The summed E-state index contributed by atoms with van der Waals surface area (Å²) in [6.07, 6.45) is 0. The summed E-state index contributed by atoms with van der Waals surface area (Å²) in [5, 5.41) is 8.59. The smallest absolute Gasteiger partial charge is 0.128 e. The number of aliphatic hydroxyl groups excluding tert-OH is 1. The molecule has 1 heterocycles. The van der Waals surface area contributed by atoms with Gasteiger partial charge in [0, 0.05) is 53.1 Å². The van der Waals surface area contributed by atoms with Crippen LogP contribution in [0.15, 0.2) is 18.2 Å². The average Bonchev–Trinajstić information content (AvgIpc) is 2.41. The third-order valence-electron chi connectivity index (χ3n) is 3.03. The number of hydrogen-bond donors (Lipinski definition) is 1. The van der Waals surface area contributed by atoms with E-state index in [1.807, 2.05) is 0 Å². The molecule has 19 heavy (non-hydrogen) atoms. The molecular formula is C14H16FNO2S. The van der Waals surface area contributed by atoms with Gasteiger partial charge in [-0.15, -0.1) is 0 Å². The third-order valence-corrected chi connectivity index (χ3v) is 4.31. The fourth-order valence-electron chi connectivity index (χ4n) is 1.97. The SMILES string of the molecule is O=S1CCN(Cc2ccc(C#CCO)cc2F)CC1. The molecule has 1 aliphatic heterocycles. The Balaban J connectivity index is 2.03. The van der Waals surface area contributed by atoms with Crippen molar-refractivity contribution in [1.82, 2.24) is 4.90 Å². The lowest BCUT2D eigenvalue weighted by molar-refractivity contribution is 0.287. The summed E-state index contributed by atoms with van der Waals surface area (Å²) in [5.41, 5.74) is 1.19. The van der Waals surface area contributed by atoms with E-state index in [1.54, 1.807) is 12.1 Å². The molecule has 0 bridgehead atoms. The molecule has 1 N–H and O–H groups in total. The number of aliphatic hydroxyl groups is 1. The number of rotatable bonds is 2. The molecular weight excluding hydrogens is 265 g/mol. The molecule has 0 saturated carbocycles. The summed E-state index contributed by atoms with van der Waals surface area (Å²) in [6, 6.07) is 4.87. The van der Waals surface area contributed by atoms with Crippen molar-refractivity contribution in [1.29, 1.82) is 0 Å². The first kappa shape index (κ1) is 14.2.